The van der Waals surface area contributed by atoms with Gasteiger partial charge in [-0.25, -0.2) is 0 Å². The number of hydrogen-bond acceptors (Lipinski definition) is 2. The Balaban J connectivity index is 2.38. The molecule has 1 aliphatic rings. The summed E-state index contributed by atoms with van der Waals surface area (Å²) in [6.45, 7) is 2.27. The van der Waals surface area contributed by atoms with Crippen LogP contribution in [0.15, 0.2) is 0 Å². The maximum atomic E-state index is 4.39. The SMILES string of the molecule is CCC1(c2nnc(CBr)n2C)CCCC1. The zero-order valence-corrected chi connectivity index (χ0v) is 11.0. The number of hydrogen-bond donors (Lipinski definition) is 0. The summed E-state index contributed by atoms with van der Waals surface area (Å²) in [4.78, 5) is 0. The van der Waals surface area contributed by atoms with Crippen LogP contribution >= 0.6 is 15.9 Å². The number of halogens is 1. The Morgan fingerprint density at radius 1 is 1.33 bits per heavy atom. The molecule has 0 aromatic carbocycles. The molecule has 1 aliphatic carbocycles. The smallest absolute Gasteiger partial charge is 0.143 e. The molecule has 0 amide bonds. The molecule has 1 heterocycles. The van der Waals surface area contributed by atoms with Crippen LogP contribution in [0.5, 0.6) is 0 Å². The van der Waals surface area contributed by atoms with Crippen molar-refractivity contribution in [2.75, 3.05) is 0 Å². The molecule has 1 aromatic rings. The quantitative estimate of drug-likeness (QED) is 0.792. The first-order chi connectivity index (χ1) is 7.23. The van der Waals surface area contributed by atoms with Gasteiger partial charge in [0.15, 0.2) is 0 Å². The molecule has 1 fully saturated rings. The van der Waals surface area contributed by atoms with Crippen molar-refractivity contribution < 1.29 is 0 Å². The van der Waals surface area contributed by atoms with Crippen molar-refractivity contribution in [3.8, 4) is 0 Å². The Morgan fingerprint density at radius 2 is 2.00 bits per heavy atom. The van der Waals surface area contributed by atoms with Gasteiger partial charge in [-0.3, -0.25) is 0 Å². The van der Waals surface area contributed by atoms with Crippen molar-refractivity contribution in [2.24, 2.45) is 7.05 Å². The first-order valence-corrected chi connectivity index (χ1v) is 6.80. The Hall–Kier alpha value is -0.380. The highest BCUT2D eigenvalue weighted by Gasteiger charge is 2.38. The number of rotatable bonds is 3. The van der Waals surface area contributed by atoms with Gasteiger partial charge in [0.1, 0.15) is 11.6 Å². The molecule has 0 saturated heterocycles. The topological polar surface area (TPSA) is 30.7 Å². The van der Waals surface area contributed by atoms with Gasteiger partial charge in [-0.15, -0.1) is 10.2 Å². The van der Waals surface area contributed by atoms with Gasteiger partial charge < -0.3 is 4.57 Å². The fraction of sp³-hybridized carbons (Fsp3) is 0.818. The number of nitrogens with zero attached hydrogens (tertiary/aromatic N) is 3. The highest BCUT2D eigenvalue weighted by atomic mass is 79.9. The lowest BCUT2D eigenvalue weighted by atomic mass is 9.82. The summed E-state index contributed by atoms with van der Waals surface area (Å²) >= 11 is 3.45. The summed E-state index contributed by atoms with van der Waals surface area (Å²) in [5.41, 5.74) is 0.308. The largest absolute Gasteiger partial charge is 0.317 e. The zero-order chi connectivity index (χ0) is 10.9. The molecule has 0 radical (unpaired) electrons. The van der Waals surface area contributed by atoms with Crippen LogP contribution in [0.2, 0.25) is 0 Å². The average molecular weight is 272 g/mol. The molecule has 0 N–H and O–H groups in total. The van der Waals surface area contributed by atoms with E-state index in [-0.39, 0.29) is 0 Å². The maximum absolute atomic E-state index is 4.39. The fourth-order valence-electron chi connectivity index (χ4n) is 2.73. The van der Waals surface area contributed by atoms with E-state index in [2.05, 4.69) is 44.7 Å². The summed E-state index contributed by atoms with van der Waals surface area (Å²) in [6.07, 6.45) is 6.41. The Bertz CT molecular complexity index is 340. The summed E-state index contributed by atoms with van der Waals surface area (Å²) in [5, 5.41) is 9.42. The normalized spacial score (nSPS) is 19.7. The Morgan fingerprint density at radius 3 is 2.47 bits per heavy atom. The third kappa shape index (κ3) is 1.73. The van der Waals surface area contributed by atoms with E-state index < -0.39 is 0 Å². The van der Waals surface area contributed by atoms with Crippen LogP contribution in [-0.4, -0.2) is 14.8 Å². The lowest BCUT2D eigenvalue weighted by Gasteiger charge is -2.26. The second-order valence-electron chi connectivity index (χ2n) is 4.47. The van der Waals surface area contributed by atoms with Crippen molar-refractivity contribution in [1.29, 1.82) is 0 Å². The zero-order valence-electron chi connectivity index (χ0n) is 9.46. The van der Waals surface area contributed by atoms with Crippen LogP contribution < -0.4 is 0 Å². The van der Waals surface area contributed by atoms with Crippen LogP contribution in [0.25, 0.3) is 0 Å². The molecule has 0 atom stereocenters. The molecule has 0 aliphatic heterocycles. The molecule has 0 bridgehead atoms. The first-order valence-electron chi connectivity index (χ1n) is 5.68. The summed E-state index contributed by atoms with van der Waals surface area (Å²) < 4.78 is 2.17. The minimum absolute atomic E-state index is 0.308. The van der Waals surface area contributed by atoms with E-state index in [1.165, 1.54) is 37.9 Å². The predicted molar refractivity (Wildman–Crippen MR) is 64.1 cm³/mol. The molecule has 15 heavy (non-hydrogen) atoms. The minimum atomic E-state index is 0.308. The molecule has 1 saturated carbocycles. The lowest BCUT2D eigenvalue weighted by Crippen LogP contribution is -2.25. The molecule has 1 aromatic heterocycles. The van der Waals surface area contributed by atoms with E-state index in [4.69, 9.17) is 0 Å². The van der Waals surface area contributed by atoms with Gasteiger partial charge >= 0.3 is 0 Å². The van der Waals surface area contributed by atoms with Crippen LogP contribution in [0.1, 0.15) is 50.7 Å². The first kappa shape index (κ1) is 11.1. The van der Waals surface area contributed by atoms with Crippen LogP contribution in [-0.2, 0) is 17.8 Å². The highest BCUT2D eigenvalue weighted by molar-refractivity contribution is 9.08. The molecule has 84 valence electrons. The second-order valence-corrected chi connectivity index (χ2v) is 5.03. The van der Waals surface area contributed by atoms with E-state index in [0.717, 1.165) is 11.2 Å². The predicted octanol–water partition coefficient (Wildman–Crippen LogP) is 2.93. The van der Waals surface area contributed by atoms with Gasteiger partial charge in [0.25, 0.3) is 0 Å². The Labute approximate surface area is 99.4 Å². The summed E-state index contributed by atoms with van der Waals surface area (Å²) in [6, 6.07) is 0. The van der Waals surface area contributed by atoms with Crippen LogP contribution in [0.4, 0.5) is 0 Å². The van der Waals surface area contributed by atoms with E-state index in [1.54, 1.807) is 0 Å². The second kappa shape index (κ2) is 4.24. The third-order valence-corrected chi connectivity index (χ3v) is 4.30. The molecular weight excluding hydrogens is 254 g/mol. The monoisotopic (exact) mass is 271 g/mol. The van der Waals surface area contributed by atoms with Gasteiger partial charge in [0.2, 0.25) is 0 Å². The van der Waals surface area contributed by atoms with Crippen LogP contribution in [0, 0.1) is 0 Å². The third-order valence-electron chi connectivity index (χ3n) is 3.80. The van der Waals surface area contributed by atoms with Crippen molar-refractivity contribution in [3.63, 3.8) is 0 Å². The van der Waals surface area contributed by atoms with Gasteiger partial charge in [-0.2, -0.15) is 0 Å². The fourth-order valence-corrected chi connectivity index (χ4v) is 3.22. The van der Waals surface area contributed by atoms with Gasteiger partial charge in [-0.1, -0.05) is 35.7 Å². The highest BCUT2D eigenvalue weighted by Crippen LogP contribution is 2.42. The standard InChI is InChI=1S/C11H18BrN3/c1-3-11(6-4-5-7-11)10-14-13-9(8-12)15(10)2/h3-8H2,1-2H3. The van der Waals surface area contributed by atoms with E-state index >= 15 is 0 Å². The number of alkyl halides is 1. The molecule has 3 nitrogen and oxygen atoms in total. The van der Waals surface area contributed by atoms with E-state index in [9.17, 15) is 0 Å². The molecular formula is C11H18BrN3. The Kier molecular flexibility index (Phi) is 3.14. The average Bonchev–Trinajstić information content (AvgIpc) is 2.85. The lowest BCUT2D eigenvalue weighted by molar-refractivity contribution is 0.385. The van der Waals surface area contributed by atoms with Crippen molar-refractivity contribution in [1.82, 2.24) is 14.8 Å². The summed E-state index contributed by atoms with van der Waals surface area (Å²) in [5.74, 6) is 2.22. The van der Waals surface area contributed by atoms with Crippen molar-refractivity contribution in [3.05, 3.63) is 11.6 Å². The van der Waals surface area contributed by atoms with Gasteiger partial charge in [-0.05, 0) is 19.3 Å². The maximum Gasteiger partial charge on any atom is 0.143 e. The van der Waals surface area contributed by atoms with Gasteiger partial charge in [0.05, 0.1) is 5.33 Å². The van der Waals surface area contributed by atoms with Gasteiger partial charge in [0, 0.05) is 12.5 Å². The van der Waals surface area contributed by atoms with Crippen LogP contribution in [0.3, 0.4) is 0 Å². The summed E-state index contributed by atoms with van der Waals surface area (Å²) in [7, 11) is 2.08. The van der Waals surface area contributed by atoms with E-state index in [1.807, 2.05) is 0 Å². The molecule has 4 heteroatoms. The molecule has 2 rings (SSSR count). The van der Waals surface area contributed by atoms with Crippen molar-refractivity contribution >= 4 is 15.9 Å². The molecule has 0 spiro atoms. The molecule has 0 unspecified atom stereocenters. The minimum Gasteiger partial charge on any atom is -0.317 e. The number of aromatic nitrogens is 3. The van der Waals surface area contributed by atoms with Crippen molar-refractivity contribution in [2.45, 2.75) is 49.8 Å². The van der Waals surface area contributed by atoms with E-state index in [0.29, 0.717) is 5.41 Å².